The van der Waals surface area contributed by atoms with Gasteiger partial charge in [0.15, 0.2) is 5.78 Å². The highest BCUT2D eigenvalue weighted by Gasteiger charge is 2.35. The second-order valence-corrected chi connectivity index (χ2v) is 14.1. The van der Waals surface area contributed by atoms with Crippen LogP contribution in [0, 0.1) is 11.8 Å². The van der Waals surface area contributed by atoms with Crippen LogP contribution in [0.5, 0.6) is 0 Å². The molecule has 0 bridgehead atoms. The fraction of sp³-hybridized carbons (Fsp3) is 0.595. The SMILES string of the molecule is C=C(COC(F)(F)F)COC(F)(F)F.C=CCCC(COC(F)(F)F)COC(F)(F)F.FC(F)(F)OCCCCC(COCc1ccccc1)COCc1ccccc1.O=C(COC(F)(F)F)COC(F)(F)F. The molecule has 2 aromatic rings. The molecule has 31 heteroatoms. The lowest BCUT2D eigenvalue weighted by Gasteiger charge is -2.18. The van der Waals surface area contributed by atoms with Gasteiger partial charge in [-0.1, -0.05) is 79.7 Å². The first-order chi connectivity index (χ1) is 33.4. The number of carbonyl (C=O) groups excluding carboxylic acids is 1. The van der Waals surface area contributed by atoms with Crippen LogP contribution < -0.4 is 0 Å². The van der Waals surface area contributed by atoms with Crippen LogP contribution in [0.2, 0.25) is 0 Å². The van der Waals surface area contributed by atoms with Crippen molar-refractivity contribution in [3.63, 3.8) is 0 Å². The third kappa shape index (κ3) is 55.3. The summed E-state index contributed by atoms with van der Waals surface area (Å²) in [4.78, 5) is 10.3. The molecule has 0 spiro atoms. The van der Waals surface area contributed by atoms with Crippen molar-refractivity contribution in [3.05, 3.63) is 96.6 Å². The summed E-state index contributed by atoms with van der Waals surface area (Å²) in [7, 11) is 0. The van der Waals surface area contributed by atoms with Gasteiger partial charge in [-0.05, 0) is 42.4 Å². The van der Waals surface area contributed by atoms with Gasteiger partial charge in [0.25, 0.3) is 0 Å². The predicted octanol–water partition coefficient (Wildman–Crippen LogP) is 13.6. The molecule has 424 valence electrons. The molecule has 0 atom stereocenters. The molecule has 2 aromatic carbocycles. The van der Waals surface area contributed by atoms with Crippen molar-refractivity contribution in [1.29, 1.82) is 0 Å². The number of halogens is 21. The van der Waals surface area contributed by atoms with E-state index in [0.717, 1.165) is 17.5 Å². The van der Waals surface area contributed by atoms with Crippen molar-refractivity contribution in [2.24, 2.45) is 11.8 Å². The van der Waals surface area contributed by atoms with Crippen LogP contribution >= 0.6 is 0 Å². The van der Waals surface area contributed by atoms with Gasteiger partial charge in [0.2, 0.25) is 0 Å². The van der Waals surface area contributed by atoms with Gasteiger partial charge in [0.1, 0.15) is 13.2 Å². The molecule has 0 fully saturated rings. The maximum atomic E-state index is 12.0. The van der Waals surface area contributed by atoms with Crippen molar-refractivity contribution < 1.29 is 140 Å². The van der Waals surface area contributed by atoms with Crippen LogP contribution in [0.25, 0.3) is 0 Å². The lowest BCUT2D eigenvalue weighted by molar-refractivity contribution is -0.343. The average molecular weight is 1110 g/mol. The Bertz CT molecular complexity index is 1570. The van der Waals surface area contributed by atoms with Crippen LogP contribution in [-0.2, 0) is 60.6 Å². The van der Waals surface area contributed by atoms with E-state index in [9.17, 15) is 97.0 Å². The first-order valence-electron chi connectivity index (χ1n) is 20.3. The molecule has 0 aliphatic carbocycles. The van der Waals surface area contributed by atoms with E-state index in [2.05, 4.69) is 46.3 Å². The van der Waals surface area contributed by atoms with E-state index >= 15 is 0 Å². The van der Waals surface area contributed by atoms with Crippen molar-refractivity contribution in [2.45, 2.75) is 89.9 Å². The van der Waals surface area contributed by atoms with Gasteiger partial charge in [-0.15, -0.1) is 98.8 Å². The van der Waals surface area contributed by atoms with Gasteiger partial charge in [0, 0.05) is 11.8 Å². The summed E-state index contributed by atoms with van der Waals surface area (Å²) in [5, 5.41) is 0. The zero-order chi connectivity index (χ0) is 56.4. The molecule has 0 saturated carbocycles. The normalized spacial score (nSPS) is 12.6. The number of hydrogen-bond donors (Lipinski definition) is 0. The molecule has 10 nitrogen and oxygen atoms in total. The fourth-order valence-corrected chi connectivity index (χ4v) is 4.54. The van der Waals surface area contributed by atoms with E-state index in [1.807, 2.05) is 60.7 Å². The van der Waals surface area contributed by atoms with E-state index in [1.165, 1.54) is 6.08 Å². The standard InChI is InChI=1S/C22H27F3O3.C9H12F6O2.C6H6F6O2.C5H4F6O3/c23-22(24,25)28-14-8-7-13-21(17-26-15-19-9-3-1-4-10-19)18-27-16-20-11-5-2-6-12-20;1-2-3-4-7(5-16-8(10,11)12)6-17-9(13,14)15;1-4(2-13-5(7,8)9)3-14-6(10,11)12;6-4(7,8)13-1-3(12)2-14-5(9,10)11/h1-6,9-12,21H,7-8,13-18H2;2,7H,1,3-6H2;1-3H2;1-2H2. The third-order valence-electron chi connectivity index (χ3n) is 7.62. The van der Waals surface area contributed by atoms with Crippen molar-refractivity contribution >= 4 is 5.78 Å². The molecule has 0 aliphatic heterocycles. The topological polar surface area (TPSA) is 100 Å². The minimum Gasteiger partial charge on any atom is -0.376 e. The number of unbranched alkanes of at least 4 members (excludes halogenated alkanes) is 1. The van der Waals surface area contributed by atoms with E-state index in [0.29, 0.717) is 39.3 Å². The molecule has 0 amide bonds. The Morgan fingerprint density at radius 1 is 0.438 bits per heavy atom. The largest absolute Gasteiger partial charge is 0.522 e. The molecule has 0 unspecified atom stereocenters. The molecule has 0 N–H and O–H groups in total. The Kier molecular flexibility index (Phi) is 34.8. The molecule has 2 rings (SSSR count). The second-order valence-electron chi connectivity index (χ2n) is 14.1. The van der Waals surface area contributed by atoms with Gasteiger partial charge in [-0.25, -0.2) is 0 Å². The fourth-order valence-electron chi connectivity index (χ4n) is 4.54. The Morgan fingerprint density at radius 3 is 1.10 bits per heavy atom. The Hall–Kier alpha value is -4.24. The summed E-state index contributed by atoms with van der Waals surface area (Å²) in [6.07, 6.45) is -30.7. The van der Waals surface area contributed by atoms with E-state index in [4.69, 9.17) is 9.47 Å². The highest BCUT2D eigenvalue weighted by Crippen LogP contribution is 2.24. The predicted molar refractivity (Wildman–Crippen MR) is 211 cm³/mol. The summed E-state index contributed by atoms with van der Waals surface area (Å²) in [5.41, 5.74) is 1.72. The number of rotatable bonds is 28. The average Bonchev–Trinajstić information content (AvgIpc) is 3.25. The molecule has 0 saturated heterocycles. The van der Waals surface area contributed by atoms with Gasteiger partial charge < -0.3 is 9.47 Å². The number of carbonyl (C=O) groups is 1. The van der Waals surface area contributed by atoms with Crippen LogP contribution in [0.3, 0.4) is 0 Å². The number of ketones is 1. The molecule has 0 aliphatic rings. The third-order valence-corrected chi connectivity index (χ3v) is 7.62. The summed E-state index contributed by atoms with van der Waals surface area (Å²) < 4.78 is 277. The zero-order valence-electron chi connectivity index (χ0n) is 37.8. The monoisotopic (exact) mass is 1110 g/mol. The molecule has 0 aromatic heterocycles. The molecule has 0 radical (unpaired) electrons. The first-order valence-corrected chi connectivity index (χ1v) is 20.3. The maximum Gasteiger partial charge on any atom is 0.522 e. The number of benzene rings is 2. The lowest BCUT2D eigenvalue weighted by Crippen LogP contribution is -2.26. The molecule has 0 heterocycles. The molecular weight excluding hydrogens is 1060 g/mol. The minimum absolute atomic E-state index is 0.0790. The molecule has 73 heavy (non-hydrogen) atoms. The highest BCUT2D eigenvalue weighted by molar-refractivity contribution is 5.80. The van der Waals surface area contributed by atoms with Gasteiger partial charge in [0.05, 0.1) is 59.5 Å². The van der Waals surface area contributed by atoms with Crippen molar-refractivity contribution in [3.8, 4) is 0 Å². The second kappa shape index (κ2) is 35.9. The smallest absolute Gasteiger partial charge is 0.376 e. The van der Waals surface area contributed by atoms with Crippen LogP contribution in [0.15, 0.2) is 85.5 Å². The van der Waals surface area contributed by atoms with Crippen LogP contribution in [-0.4, -0.2) is 110 Å². The summed E-state index contributed by atoms with van der Waals surface area (Å²) in [5.74, 6) is -2.32. The minimum atomic E-state index is -5.05. The molecular formula is C42H49F21O10. The van der Waals surface area contributed by atoms with E-state index < -0.39 is 101 Å². The summed E-state index contributed by atoms with van der Waals surface area (Å²) in [6, 6.07) is 19.7. The highest BCUT2D eigenvalue weighted by atomic mass is 19.4. The number of allylic oxidation sites excluding steroid dienone is 1. The summed E-state index contributed by atoms with van der Waals surface area (Å²) >= 11 is 0. The lowest BCUT2D eigenvalue weighted by atomic mass is 10.0. The van der Waals surface area contributed by atoms with Gasteiger partial charge >= 0.3 is 44.5 Å². The van der Waals surface area contributed by atoms with E-state index in [-0.39, 0.29) is 25.4 Å². The number of hydrogen-bond acceptors (Lipinski definition) is 10. The van der Waals surface area contributed by atoms with Crippen molar-refractivity contribution in [2.75, 3.05) is 59.5 Å². The Labute approximate surface area is 403 Å². The van der Waals surface area contributed by atoms with E-state index in [1.54, 1.807) is 0 Å². The Morgan fingerprint density at radius 2 is 0.767 bits per heavy atom. The van der Waals surface area contributed by atoms with Gasteiger partial charge in [-0.2, -0.15) is 0 Å². The van der Waals surface area contributed by atoms with Crippen LogP contribution in [0.4, 0.5) is 92.2 Å². The van der Waals surface area contributed by atoms with Gasteiger partial charge in [-0.3, -0.25) is 38.0 Å². The summed E-state index contributed by atoms with van der Waals surface area (Å²) in [6.45, 7) is 1.10. The zero-order valence-corrected chi connectivity index (χ0v) is 37.8. The number of Topliss-reactive ketones (excluding diaryl/α,β-unsaturated/α-hetero) is 1. The van der Waals surface area contributed by atoms with Crippen molar-refractivity contribution in [1.82, 2.24) is 0 Å². The number of alkyl halides is 21. The quantitative estimate of drug-likeness (QED) is 0.0465. The number of ether oxygens (including phenoxy) is 9. The maximum absolute atomic E-state index is 12.0. The Balaban J connectivity index is 0. The van der Waals surface area contributed by atoms with Crippen LogP contribution in [0.1, 0.15) is 43.2 Å². The first kappa shape index (κ1) is 70.8.